The Labute approximate surface area is 238 Å². The summed E-state index contributed by atoms with van der Waals surface area (Å²) >= 11 is 0.975. The second-order valence-corrected chi connectivity index (χ2v) is 12.1. The van der Waals surface area contributed by atoms with Crippen LogP contribution in [-0.2, 0) is 18.0 Å². The minimum absolute atomic E-state index is 0.0452. The van der Waals surface area contributed by atoms with Gasteiger partial charge in [-0.3, -0.25) is 4.90 Å². The van der Waals surface area contributed by atoms with E-state index in [1.54, 1.807) is 6.92 Å². The number of hydrogen-bond acceptors (Lipinski definition) is 10. The van der Waals surface area contributed by atoms with E-state index in [0.29, 0.717) is 28.9 Å². The summed E-state index contributed by atoms with van der Waals surface area (Å²) in [5.74, 6) is -0.509. The molecule has 3 N–H and O–H groups in total. The van der Waals surface area contributed by atoms with Gasteiger partial charge in [-0.2, -0.15) is 15.2 Å². The van der Waals surface area contributed by atoms with Gasteiger partial charge in [-0.25, -0.2) is 8.78 Å². The van der Waals surface area contributed by atoms with Crippen molar-refractivity contribution in [2.24, 2.45) is 0 Å². The van der Waals surface area contributed by atoms with Gasteiger partial charge >= 0.3 is 6.01 Å². The van der Waals surface area contributed by atoms with Crippen molar-refractivity contribution in [1.82, 2.24) is 14.9 Å². The minimum Gasteiger partial charge on any atom is -0.467 e. The number of nitrogens with zero attached hydrogens (tertiary/aromatic N) is 5. The number of benzene rings is 2. The number of thiophene rings is 1. The SMILES string of the molecule is COc1nc(N2C3CCC2CN(CC(C)O)C3)c2c3c(c(-c4ccc(F)c5sc(N)c(C#N)c45)c(F)c2n1)COC3. The van der Waals surface area contributed by atoms with E-state index in [2.05, 4.69) is 20.9 Å². The number of nitriles is 1. The van der Waals surface area contributed by atoms with Crippen molar-refractivity contribution in [2.75, 3.05) is 37.4 Å². The molecule has 12 heteroatoms. The molecule has 2 bridgehead atoms. The van der Waals surface area contributed by atoms with Crippen LogP contribution in [0, 0.1) is 23.0 Å². The summed E-state index contributed by atoms with van der Waals surface area (Å²) in [4.78, 5) is 13.8. The average molecular weight is 579 g/mol. The van der Waals surface area contributed by atoms with Crippen LogP contribution < -0.4 is 15.4 Å². The first-order chi connectivity index (χ1) is 19.8. The van der Waals surface area contributed by atoms with Gasteiger partial charge in [0.25, 0.3) is 0 Å². The van der Waals surface area contributed by atoms with Crippen LogP contribution in [0.2, 0.25) is 0 Å². The van der Waals surface area contributed by atoms with E-state index in [4.69, 9.17) is 20.2 Å². The van der Waals surface area contributed by atoms with E-state index >= 15 is 4.39 Å². The lowest BCUT2D eigenvalue weighted by molar-refractivity contribution is 0.111. The Morgan fingerprint density at radius 2 is 1.93 bits per heavy atom. The van der Waals surface area contributed by atoms with Crippen molar-refractivity contribution in [3.8, 4) is 23.2 Å². The maximum Gasteiger partial charge on any atom is 0.318 e. The van der Waals surface area contributed by atoms with E-state index in [-0.39, 0.29) is 63.0 Å². The monoisotopic (exact) mass is 578 g/mol. The normalized spacial score (nSPS) is 21.0. The molecule has 3 aliphatic rings. The van der Waals surface area contributed by atoms with Crippen LogP contribution in [0.5, 0.6) is 6.01 Å². The van der Waals surface area contributed by atoms with Crippen molar-refractivity contribution < 1.29 is 23.4 Å². The average Bonchev–Trinajstić information content (AvgIpc) is 3.63. The van der Waals surface area contributed by atoms with Gasteiger partial charge in [-0.15, -0.1) is 11.3 Å². The van der Waals surface area contributed by atoms with Crippen molar-refractivity contribution >= 4 is 43.1 Å². The molecule has 2 aromatic heterocycles. The van der Waals surface area contributed by atoms with Crippen LogP contribution in [-0.4, -0.2) is 64.9 Å². The Kier molecular flexibility index (Phi) is 6.24. The van der Waals surface area contributed by atoms with Crippen LogP contribution in [0.4, 0.5) is 19.6 Å². The van der Waals surface area contributed by atoms with Gasteiger partial charge in [-0.05, 0) is 42.5 Å². The third-order valence-electron chi connectivity index (χ3n) is 8.46. The predicted octanol–water partition coefficient (Wildman–Crippen LogP) is 4.32. The van der Waals surface area contributed by atoms with Gasteiger partial charge < -0.3 is 25.2 Å². The number of likely N-dealkylation sites (tertiary alicyclic amines) is 1. The van der Waals surface area contributed by atoms with Gasteiger partial charge in [-0.1, -0.05) is 6.07 Å². The largest absolute Gasteiger partial charge is 0.467 e. The molecule has 212 valence electrons. The highest BCUT2D eigenvalue weighted by molar-refractivity contribution is 7.23. The number of ether oxygens (including phenoxy) is 2. The first-order valence-corrected chi connectivity index (χ1v) is 14.4. The molecule has 5 heterocycles. The molecule has 2 fully saturated rings. The van der Waals surface area contributed by atoms with Crippen LogP contribution in [0.15, 0.2) is 12.1 Å². The molecule has 0 spiro atoms. The zero-order chi connectivity index (χ0) is 28.6. The number of methoxy groups -OCH3 is 1. The van der Waals surface area contributed by atoms with Gasteiger partial charge in [0.2, 0.25) is 0 Å². The number of anilines is 2. The Morgan fingerprint density at radius 1 is 1.20 bits per heavy atom. The lowest BCUT2D eigenvalue weighted by atomic mass is 9.90. The number of piperazine rings is 1. The van der Waals surface area contributed by atoms with Crippen LogP contribution in [0.1, 0.15) is 36.5 Å². The topological polar surface area (TPSA) is 121 Å². The van der Waals surface area contributed by atoms with Crippen molar-refractivity contribution in [1.29, 1.82) is 5.26 Å². The van der Waals surface area contributed by atoms with Crippen molar-refractivity contribution in [3.05, 3.63) is 40.5 Å². The maximum absolute atomic E-state index is 16.9. The summed E-state index contributed by atoms with van der Waals surface area (Å²) in [6.07, 6.45) is 1.49. The molecule has 3 atom stereocenters. The molecular formula is C29H28F2N6O3S. The zero-order valence-corrected chi connectivity index (χ0v) is 23.4. The maximum atomic E-state index is 16.9. The molecular weight excluding hydrogens is 550 g/mol. The van der Waals surface area contributed by atoms with Gasteiger partial charge in [0.05, 0.1) is 42.1 Å². The van der Waals surface area contributed by atoms with Crippen LogP contribution in [0.25, 0.3) is 32.1 Å². The Morgan fingerprint density at radius 3 is 2.61 bits per heavy atom. The summed E-state index contributed by atoms with van der Waals surface area (Å²) in [6, 6.07) is 5.17. The van der Waals surface area contributed by atoms with Crippen molar-refractivity contribution in [3.63, 3.8) is 0 Å². The highest BCUT2D eigenvalue weighted by Gasteiger charge is 2.43. The Balaban J connectivity index is 1.48. The fraction of sp³-hybridized carbons (Fsp3) is 0.414. The number of aliphatic hydroxyl groups is 1. The second-order valence-electron chi connectivity index (χ2n) is 11.0. The third kappa shape index (κ3) is 3.94. The quantitative estimate of drug-likeness (QED) is 0.357. The van der Waals surface area contributed by atoms with E-state index < -0.39 is 17.7 Å². The summed E-state index contributed by atoms with van der Waals surface area (Å²) in [5.41, 5.74) is 8.30. The summed E-state index contributed by atoms with van der Waals surface area (Å²) < 4.78 is 43.3. The molecule has 0 radical (unpaired) electrons. The number of hydrogen-bond donors (Lipinski definition) is 2. The van der Waals surface area contributed by atoms with Crippen molar-refractivity contribution in [2.45, 2.75) is 51.2 Å². The lowest BCUT2D eigenvalue weighted by Gasteiger charge is -2.42. The second kappa shape index (κ2) is 9.73. The summed E-state index contributed by atoms with van der Waals surface area (Å²) in [5, 5.41) is 20.9. The molecule has 2 saturated heterocycles. The summed E-state index contributed by atoms with van der Waals surface area (Å²) in [6.45, 7) is 4.30. The number of fused-ring (bicyclic) bond motifs is 6. The number of aliphatic hydroxyl groups excluding tert-OH is 1. The Bertz CT molecular complexity index is 1760. The molecule has 2 aromatic carbocycles. The Hall–Kier alpha value is -3.63. The minimum atomic E-state index is -0.604. The molecule has 4 aromatic rings. The molecule has 3 aliphatic heterocycles. The molecule has 3 unspecified atom stereocenters. The van der Waals surface area contributed by atoms with Gasteiger partial charge in [0, 0.05) is 42.7 Å². The molecule has 0 aliphatic carbocycles. The molecule has 0 saturated carbocycles. The van der Waals surface area contributed by atoms with E-state index in [1.165, 1.54) is 19.2 Å². The van der Waals surface area contributed by atoms with Gasteiger partial charge in [0.15, 0.2) is 5.82 Å². The third-order valence-corrected chi connectivity index (χ3v) is 9.49. The fourth-order valence-electron chi connectivity index (χ4n) is 6.92. The number of aromatic nitrogens is 2. The predicted molar refractivity (Wildman–Crippen MR) is 152 cm³/mol. The number of β-amino-alcohol motifs (C(OH)–C–C–N with tert-alkyl or cyclic N) is 1. The van der Waals surface area contributed by atoms with Crippen LogP contribution in [0.3, 0.4) is 0 Å². The highest BCUT2D eigenvalue weighted by Crippen LogP contribution is 2.48. The van der Waals surface area contributed by atoms with Gasteiger partial charge in [0.1, 0.15) is 28.2 Å². The van der Waals surface area contributed by atoms with E-state index in [1.807, 2.05) is 0 Å². The highest BCUT2D eigenvalue weighted by atomic mass is 32.1. The first-order valence-electron chi connectivity index (χ1n) is 13.6. The number of rotatable bonds is 5. The molecule has 0 amide bonds. The standard InChI is InChI=1S/C29H28F2N6O3S/c1-13(38)8-36-9-14-3-4-15(10-36)37(14)28-23-19-12-40-11-18(19)21(24(31)25(23)34-29(35-28)39-2)16-5-6-20(30)26-22(16)17(7-32)27(33)41-26/h5-6,13-15,38H,3-4,8-12,33H2,1-2H3. The number of nitrogen functional groups attached to an aromatic ring is 1. The zero-order valence-electron chi connectivity index (χ0n) is 22.6. The first kappa shape index (κ1) is 26.3. The number of halogens is 2. The fourth-order valence-corrected chi connectivity index (χ4v) is 7.87. The molecule has 9 nitrogen and oxygen atoms in total. The number of nitrogens with two attached hydrogens (primary N) is 1. The summed E-state index contributed by atoms with van der Waals surface area (Å²) in [7, 11) is 1.45. The van der Waals surface area contributed by atoms with Crippen LogP contribution >= 0.6 is 11.3 Å². The van der Waals surface area contributed by atoms with E-state index in [0.717, 1.165) is 42.8 Å². The lowest BCUT2D eigenvalue weighted by Crippen LogP contribution is -2.55. The van der Waals surface area contributed by atoms with E-state index in [9.17, 15) is 14.8 Å². The molecule has 41 heavy (non-hydrogen) atoms. The smallest absolute Gasteiger partial charge is 0.318 e. The molecule has 7 rings (SSSR count).